The molecule has 2 aromatic rings. The van der Waals surface area contributed by atoms with E-state index in [1.54, 1.807) is 35.5 Å². The van der Waals surface area contributed by atoms with Crippen LogP contribution in [0.4, 0.5) is 0 Å². The van der Waals surface area contributed by atoms with Crippen LogP contribution in [0.3, 0.4) is 0 Å². The average molecular weight is 469 g/mol. The molecule has 1 heterocycles. The first-order chi connectivity index (χ1) is 15.1. The lowest BCUT2D eigenvalue weighted by molar-refractivity contribution is 0.191. The number of aliphatic hydroxyl groups excluding tert-OH is 1. The van der Waals surface area contributed by atoms with Crippen molar-refractivity contribution in [3.63, 3.8) is 0 Å². The molecular weight excluding hydrogens is 440 g/mol. The number of ether oxygens (including phenoxy) is 6. The van der Waals surface area contributed by atoms with E-state index >= 15 is 0 Å². The van der Waals surface area contributed by atoms with E-state index in [1.165, 1.54) is 0 Å². The molecule has 3 rings (SSSR count). The van der Waals surface area contributed by atoms with Crippen LogP contribution in [-0.4, -0.2) is 59.6 Å². The van der Waals surface area contributed by atoms with Gasteiger partial charge in [0.1, 0.15) is 6.61 Å². The Morgan fingerprint density at radius 2 is 1.29 bits per heavy atom. The van der Waals surface area contributed by atoms with Gasteiger partial charge in [0.05, 0.1) is 46.7 Å². The van der Waals surface area contributed by atoms with E-state index < -0.39 is 0 Å². The Labute approximate surface area is 191 Å². The molecule has 0 amide bonds. The van der Waals surface area contributed by atoms with Gasteiger partial charge in [0.25, 0.3) is 0 Å². The fraction of sp³-hybridized carbons (Fsp3) is 0.455. The topological polar surface area (TPSA) is 75.6 Å². The number of hydrogen-bond donors (Lipinski definition) is 1. The molecule has 1 fully saturated rings. The van der Waals surface area contributed by atoms with Crippen LogP contribution in [0.2, 0.25) is 0 Å². The Hall–Kier alpha value is -2.10. The van der Waals surface area contributed by atoms with Gasteiger partial charge in [-0.25, -0.2) is 0 Å². The number of benzene rings is 2. The van der Waals surface area contributed by atoms with E-state index in [0.29, 0.717) is 34.5 Å². The van der Waals surface area contributed by atoms with Crippen molar-refractivity contribution >= 4 is 23.5 Å². The third-order valence-electron chi connectivity index (χ3n) is 4.84. The van der Waals surface area contributed by atoms with Gasteiger partial charge in [0.2, 0.25) is 11.5 Å². The molecule has 0 saturated carbocycles. The summed E-state index contributed by atoms with van der Waals surface area (Å²) >= 11 is 3.71. The molecule has 1 N–H and O–H groups in total. The molecule has 0 bridgehead atoms. The first-order valence-corrected chi connectivity index (χ1v) is 11.7. The van der Waals surface area contributed by atoms with E-state index in [9.17, 15) is 0 Å². The second-order valence-electron chi connectivity index (χ2n) is 6.58. The van der Waals surface area contributed by atoms with Crippen LogP contribution in [0.25, 0.3) is 0 Å². The normalized spacial score (nSPS) is 17.9. The van der Waals surface area contributed by atoms with Crippen molar-refractivity contribution < 1.29 is 33.5 Å². The summed E-state index contributed by atoms with van der Waals surface area (Å²) in [7, 11) is 8.04. The van der Waals surface area contributed by atoms with Crippen LogP contribution in [0.1, 0.15) is 21.0 Å². The molecule has 0 aromatic heterocycles. The first kappa shape index (κ1) is 23.6. The SMILES string of the molecule is COc1cc([C@H]2CS[C@H](c3cc(OC)c(OCCO)c(OC)c3)S2)cc(OC)c1OC. The van der Waals surface area contributed by atoms with Gasteiger partial charge >= 0.3 is 0 Å². The molecule has 2 atom stereocenters. The molecule has 170 valence electrons. The monoisotopic (exact) mass is 468 g/mol. The predicted molar refractivity (Wildman–Crippen MR) is 124 cm³/mol. The number of aliphatic hydroxyl groups is 1. The summed E-state index contributed by atoms with van der Waals surface area (Å²) < 4.78 is 33.3. The van der Waals surface area contributed by atoms with Crippen molar-refractivity contribution in [2.24, 2.45) is 0 Å². The highest BCUT2D eigenvalue weighted by Gasteiger charge is 2.31. The maximum absolute atomic E-state index is 9.09. The third kappa shape index (κ3) is 5.05. The van der Waals surface area contributed by atoms with Gasteiger partial charge in [-0.05, 0) is 35.4 Å². The smallest absolute Gasteiger partial charge is 0.203 e. The lowest BCUT2D eigenvalue weighted by Gasteiger charge is -2.19. The Morgan fingerprint density at radius 1 is 0.774 bits per heavy atom. The van der Waals surface area contributed by atoms with E-state index in [2.05, 4.69) is 0 Å². The average Bonchev–Trinajstić information content (AvgIpc) is 3.31. The molecule has 0 spiro atoms. The summed E-state index contributed by atoms with van der Waals surface area (Å²) in [5.74, 6) is 4.49. The van der Waals surface area contributed by atoms with Gasteiger partial charge in [-0.1, -0.05) is 0 Å². The van der Waals surface area contributed by atoms with Crippen LogP contribution in [0, 0.1) is 0 Å². The van der Waals surface area contributed by atoms with Crippen molar-refractivity contribution in [2.45, 2.75) is 9.83 Å². The van der Waals surface area contributed by atoms with Crippen LogP contribution < -0.4 is 28.4 Å². The van der Waals surface area contributed by atoms with E-state index in [0.717, 1.165) is 16.9 Å². The first-order valence-electron chi connectivity index (χ1n) is 9.66. The summed E-state index contributed by atoms with van der Waals surface area (Å²) in [6.07, 6.45) is 0. The maximum atomic E-state index is 9.09. The van der Waals surface area contributed by atoms with Crippen LogP contribution in [0.15, 0.2) is 24.3 Å². The van der Waals surface area contributed by atoms with E-state index in [4.69, 9.17) is 33.5 Å². The van der Waals surface area contributed by atoms with Crippen molar-refractivity contribution in [1.29, 1.82) is 0 Å². The fourth-order valence-electron chi connectivity index (χ4n) is 3.37. The van der Waals surface area contributed by atoms with Gasteiger partial charge in [-0.15, -0.1) is 23.5 Å². The molecule has 7 nitrogen and oxygen atoms in total. The summed E-state index contributed by atoms with van der Waals surface area (Å²) in [6.45, 7) is 0.0844. The standard InChI is InChI=1S/C22H28O7S2/c1-24-15-8-13(9-16(25-2)20(15)28-5)19-12-30-22(31-19)14-10-17(26-3)21(29-7-6-23)18(11-14)27-4/h8-11,19,22-23H,6-7,12H2,1-5H3/t19-,22+/m1/s1. The maximum Gasteiger partial charge on any atom is 0.203 e. The molecule has 0 aliphatic carbocycles. The quantitative estimate of drug-likeness (QED) is 0.549. The van der Waals surface area contributed by atoms with Gasteiger partial charge in [-0.3, -0.25) is 0 Å². The minimum absolute atomic E-state index is 0.0845. The lowest BCUT2D eigenvalue weighted by Crippen LogP contribution is -2.05. The third-order valence-corrected chi connectivity index (χ3v) is 8.18. The second kappa shape index (κ2) is 11.0. The van der Waals surface area contributed by atoms with E-state index in [1.807, 2.05) is 47.8 Å². The van der Waals surface area contributed by atoms with Gasteiger partial charge in [0, 0.05) is 11.0 Å². The lowest BCUT2D eigenvalue weighted by atomic mass is 10.1. The Bertz CT molecular complexity index is 840. The second-order valence-corrected chi connectivity index (χ2v) is 9.32. The fourth-order valence-corrected chi connectivity index (χ4v) is 6.62. The molecular formula is C22H28O7S2. The molecule has 1 aliphatic heterocycles. The van der Waals surface area contributed by atoms with Crippen molar-refractivity contribution in [3.8, 4) is 34.5 Å². The zero-order valence-electron chi connectivity index (χ0n) is 18.3. The van der Waals surface area contributed by atoms with E-state index in [-0.39, 0.29) is 23.0 Å². The molecule has 1 aliphatic rings. The Balaban J connectivity index is 1.87. The largest absolute Gasteiger partial charge is 0.493 e. The van der Waals surface area contributed by atoms with Gasteiger partial charge in [0.15, 0.2) is 23.0 Å². The zero-order chi connectivity index (χ0) is 22.4. The number of thioether (sulfide) groups is 2. The summed E-state index contributed by atoms with van der Waals surface area (Å²) in [5.41, 5.74) is 2.20. The highest BCUT2D eigenvalue weighted by Crippen LogP contribution is 2.58. The van der Waals surface area contributed by atoms with Crippen molar-refractivity contribution in [2.75, 3.05) is 54.5 Å². The van der Waals surface area contributed by atoms with Crippen LogP contribution in [-0.2, 0) is 0 Å². The molecule has 31 heavy (non-hydrogen) atoms. The Kier molecular flexibility index (Phi) is 8.34. The highest BCUT2D eigenvalue weighted by atomic mass is 32.2. The van der Waals surface area contributed by atoms with Crippen LogP contribution in [0.5, 0.6) is 34.5 Å². The predicted octanol–water partition coefficient (Wildman–Crippen LogP) is 4.32. The zero-order valence-corrected chi connectivity index (χ0v) is 19.9. The number of methoxy groups -OCH3 is 5. The minimum atomic E-state index is -0.0845. The highest BCUT2D eigenvalue weighted by molar-refractivity contribution is 8.19. The minimum Gasteiger partial charge on any atom is -0.493 e. The number of rotatable bonds is 10. The van der Waals surface area contributed by atoms with Crippen molar-refractivity contribution in [1.82, 2.24) is 0 Å². The van der Waals surface area contributed by atoms with Gasteiger partial charge < -0.3 is 33.5 Å². The molecule has 2 aromatic carbocycles. The van der Waals surface area contributed by atoms with Crippen molar-refractivity contribution in [3.05, 3.63) is 35.4 Å². The van der Waals surface area contributed by atoms with Crippen LogP contribution >= 0.6 is 23.5 Å². The molecule has 1 saturated heterocycles. The summed E-state index contributed by atoms with van der Waals surface area (Å²) in [4.78, 5) is 0. The summed E-state index contributed by atoms with van der Waals surface area (Å²) in [6, 6.07) is 7.96. The van der Waals surface area contributed by atoms with Gasteiger partial charge in [-0.2, -0.15) is 0 Å². The molecule has 0 unspecified atom stereocenters. The molecule has 9 heteroatoms. The summed E-state index contributed by atoms with van der Waals surface area (Å²) in [5, 5.41) is 9.34. The Morgan fingerprint density at radius 3 is 1.77 bits per heavy atom. The molecule has 0 radical (unpaired) electrons. The number of hydrogen-bond acceptors (Lipinski definition) is 9.